The summed E-state index contributed by atoms with van der Waals surface area (Å²) in [5.74, 6) is 3.76. The number of amides is 1. The van der Waals surface area contributed by atoms with Crippen LogP contribution in [0.1, 0.15) is 32.8 Å². The van der Waals surface area contributed by atoms with Gasteiger partial charge in [0.05, 0.1) is 20.3 Å². The fraction of sp³-hybridized carbons (Fsp3) is 0.682. The normalized spacial score (nSPS) is 25.0. The third-order valence-electron chi connectivity index (χ3n) is 6.01. The van der Waals surface area contributed by atoms with E-state index in [0.717, 1.165) is 44.1 Å². The van der Waals surface area contributed by atoms with E-state index in [4.69, 9.17) is 9.47 Å². The third kappa shape index (κ3) is 4.75. The van der Waals surface area contributed by atoms with Crippen LogP contribution < -0.4 is 9.47 Å². The lowest BCUT2D eigenvalue weighted by molar-refractivity contribution is -0.141. The first-order valence-electron chi connectivity index (χ1n) is 10.1. The van der Waals surface area contributed by atoms with Gasteiger partial charge in [-0.1, -0.05) is 13.8 Å². The highest BCUT2D eigenvalue weighted by molar-refractivity contribution is 5.81. The Morgan fingerprint density at radius 2 is 1.59 bits per heavy atom. The van der Waals surface area contributed by atoms with Crippen molar-refractivity contribution >= 4 is 5.91 Å². The van der Waals surface area contributed by atoms with Crippen LogP contribution in [-0.2, 0) is 11.2 Å². The highest BCUT2D eigenvalue weighted by Gasteiger charge is 2.36. The number of ether oxygens (including phenoxy) is 2. The van der Waals surface area contributed by atoms with Crippen LogP contribution in [0.2, 0.25) is 0 Å². The average molecular weight is 375 g/mol. The van der Waals surface area contributed by atoms with Gasteiger partial charge in [0.25, 0.3) is 0 Å². The molecule has 1 aromatic carbocycles. The number of likely N-dealkylation sites (tertiary alicyclic amines) is 2. The zero-order chi connectivity index (χ0) is 19.6. The van der Waals surface area contributed by atoms with Crippen LogP contribution in [0.4, 0.5) is 0 Å². The van der Waals surface area contributed by atoms with E-state index in [1.807, 2.05) is 6.07 Å². The molecule has 0 spiro atoms. The van der Waals surface area contributed by atoms with Crippen molar-refractivity contribution in [3.63, 3.8) is 0 Å². The smallest absolute Gasteiger partial charge is 0.239 e. The molecule has 2 aliphatic heterocycles. The zero-order valence-electron chi connectivity index (χ0n) is 17.4. The Kier molecular flexibility index (Phi) is 6.30. The number of hydrogen-bond acceptors (Lipinski definition) is 4. The molecule has 0 saturated carbocycles. The second-order valence-electron chi connectivity index (χ2n) is 8.61. The van der Waals surface area contributed by atoms with Crippen LogP contribution in [0, 0.1) is 17.8 Å². The van der Waals surface area contributed by atoms with Crippen molar-refractivity contribution in [2.24, 2.45) is 17.8 Å². The van der Waals surface area contributed by atoms with Gasteiger partial charge in [-0.3, -0.25) is 9.69 Å². The standard InChI is InChI=1S/C22H34N2O3/c1-15-6-16(2)12-24(11-15)22(25)17(3)23-13-19(14-23)7-18-8-20(26-4)10-21(9-18)27-5/h8-10,15-17,19H,6-7,11-14H2,1-5H3/t15-,16-,17+/m0/s1. The van der Waals surface area contributed by atoms with Crippen molar-refractivity contribution < 1.29 is 14.3 Å². The van der Waals surface area contributed by atoms with Gasteiger partial charge in [-0.25, -0.2) is 0 Å². The number of piperidine rings is 1. The van der Waals surface area contributed by atoms with E-state index in [1.54, 1.807) is 14.2 Å². The molecule has 1 aromatic rings. The van der Waals surface area contributed by atoms with Gasteiger partial charge in [0, 0.05) is 32.2 Å². The van der Waals surface area contributed by atoms with Gasteiger partial charge in [0.15, 0.2) is 0 Å². The number of nitrogens with zero attached hydrogens (tertiary/aromatic N) is 2. The van der Waals surface area contributed by atoms with Crippen molar-refractivity contribution in [2.75, 3.05) is 40.4 Å². The lowest BCUT2D eigenvalue weighted by Crippen LogP contribution is -2.58. The molecule has 2 aliphatic rings. The molecule has 0 unspecified atom stereocenters. The van der Waals surface area contributed by atoms with Crippen LogP contribution in [0.5, 0.6) is 11.5 Å². The molecule has 27 heavy (non-hydrogen) atoms. The molecule has 3 atom stereocenters. The van der Waals surface area contributed by atoms with E-state index >= 15 is 0 Å². The lowest BCUT2D eigenvalue weighted by atomic mass is 9.89. The Morgan fingerprint density at radius 3 is 2.11 bits per heavy atom. The maximum atomic E-state index is 12.9. The summed E-state index contributed by atoms with van der Waals surface area (Å²) in [4.78, 5) is 17.3. The van der Waals surface area contributed by atoms with Gasteiger partial charge in [-0.15, -0.1) is 0 Å². The van der Waals surface area contributed by atoms with Gasteiger partial charge < -0.3 is 14.4 Å². The van der Waals surface area contributed by atoms with Crippen LogP contribution in [0.15, 0.2) is 18.2 Å². The molecule has 5 nitrogen and oxygen atoms in total. The Labute approximate surface area is 163 Å². The summed E-state index contributed by atoms with van der Waals surface area (Å²) >= 11 is 0. The number of hydrogen-bond donors (Lipinski definition) is 0. The number of carbonyl (C=O) groups is 1. The van der Waals surface area contributed by atoms with Crippen molar-refractivity contribution in [2.45, 2.75) is 39.7 Å². The van der Waals surface area contributed by atoms with Crippen LogP contribution in [0.25, 0.3) is 0 Å². The lowest BCUT2D eigenvalue weighted by Gasteiger charge is -2.45. The quantitative estimate of drug-likeness (QED) is 0.767. The maximum absolute atomic E-state index is 12.9. The molecular weight excluding hydrogens is 340 g/mol. The summed E-state index contributed by atoms with van der Waals surface area (Å²) in [6.45, 7) is 10.3. The fourth-order valence-electron chi connectivity index (χ4n) is 4.64. The predicted octanol–water partition coefficient (Wildman–Crippen LogP) is 3.07. The molecule has 3 rings (SSSR count). The second kappa shape index (κ2) is 8.51. The SMILES string of the molecule is COc1cc(CC2CN([C@H](C)C(=O)N3C[C@@H](C)C[C@H](C)C3)C2)cc(OC)c1. The minimum atomic E-state index is -0.0152. The average Bonchev–Trinajstić information content (AvgIpc) is 2.62. The fourth-order valence-corrected chi connectivity index (χ4v) is 4.64. The molecule has 150 valence electrons. The number of rotatable bonds is 6. The highest BCUT2D eigenvalue weighted by Crippen LogP contribution is 2.29. The minimum Gasteiger partial charge on any atom is -0.497 e. The summed E-state index contributed by atoms with van der Waals surface area (Å²) in [5, 5.41) is 0. The van der Waals surface area contributed by atoms with E-state index < -0.39 is 0 Å². The van der Waals surface area contributed by atoms with Crippen LogP contribution in [0.3, 0.4) is 0 Å². The third-order valence-corrected chi connectivity index (χ3v) is 6.01. The molecule has 0 aliphatic carbocycles. The van der Waals surface area contributed by atoms with Gasteiger partial charge in [-0.05, 0) is 55.2 Å². The topological polar surface area (TPSA) is 42.0 Å². The van der Waals surface area contributed by atoms with Gasteiger partial charge >= 0.3 is 0 Å². The Balaban J connectivity index is 1.52. The number of benzene rings is 1. The molecule has 1 amide bonds. The minimum absolute atomic E-state index is 0.0152. The first-order chi connectivity index (χ1) is 12.9. The Morgan fingerprint density at radius 1 is 1.04 bits per heavy atom. The van der Waals surface area contributed by atoms with E-state index in [0.29, 0.717) is 23.7 Å². The van der Waals surface area contributed by atoms with E-state index in [9.17, 15) is 4.79 Å². The van der Waals surface area contributed by atoms with Crippen molar-refractivity contribution in [3.05, 3.63) is 23.8 Å². The molecule has 2 saturated heterocycles. The molecule has 2 fully saturated rings. The second-order valence-corrected chi connectivity index (χ2v) is 8.61. The van der Waals surface area contributed by atoms with Crippen molar-refractivity contribution in [3.8, 4) is 11.5 Å². The van der Waals surface area contributed by atoms with Crippen molar-refractivity contribution in [1.82, 2.24) is 9.80 Å². The van der Waals surface area contributed by atoms with E-state index in [1.165, 1.54) is 12.0 Å². The summed E-state index contributed by atoms with van der Waals surface area (Å²) in [6, 6.07) is 6.04. The Bertz CT molecular complexity index is 625. The predicted molar refractivity (Wildman–Crippen MR) is 107 cm³/mol. The van der Waals surface area contributed by atoms with E-state index in [-0.39, 0.29) is 6.04 Å². The monoisotopic (exact) mass is 374 g/mol. The summed E-state index contributed by atoms with van der Waals surface area (Å²) in [6.07, 6.45) is 2.22. The summed E-state index contributed by atoms with van der Waals surface area (Å²) in [7, 11) is 3.36. The largest absolute Gasteiger partial charge is 0.497 e. The first kappa shape index (κ1) is 20.0. The zero-order valence-corrected chi connectivity index (χ0v) is 17.4. The Hall–Kier alpha value is -1.75. The summed E-state index contributed by atoms with van der Waals surface area (Å²) < 4.78 is 10.7. The molecule has 5 heteroatoms. The van der Waals surface area contributed by atoms with Gasteiger partial charge in [0.2, 0.25) is 5.91 Å². The van der Waals surface area contributed by atoms with E-state index in [2.05, 4.69) is 42.7 Å². The molecule has 0 aromatic heterocycles. The molecule has 0 N–H and O–H groups in total. The maximum Gasteiger partial charge on any atom is 0.239 e. The van der Waals surface area contributed by atoms with Crippen LogP contribution in [-0.4, -0.2) is 62.1 Å². The van der Waals surface area contributed by atoms with Gasteiger partial charge in [-0.2, -0.15) is 0 Å². The summed E-state index contributed by atoms with van der Waals surface area (Å²) in [5.41, 5.74) is 1.23. The molecule has 2 heterocycles. The molecule has 0 bridgehead atoms. The highest BCUT2D eigenvalue weighted by atomic mass is 16.5. The van der Waals surface area contributed by atoms with Crippen molar-refractivity contribution in [1.29, 1.82) is 0 Å². The number of carbonyl (C=O) groups excluding carboxylic acids is 1. The van der Waals surface area contributed by atoms with Crippen LogP contribution >= 0.6 is 0 Å². The molecule has 0 radical (unpaired) electrons. The molecular formula is C22H34N2O3. The number of methoxy groups -OCH3 is 2. The first-order valence-corrected chi connectivity index (χ1v) is 10.1. The van der Waals surface area contributed by atoms with Gasteiger partial charge in [0.1, 0.15) is 11.5 Å².